The molecule has 1 aromatic rings. The zero-order chi connectivity index (χ0) is 18.0. The molecule has 134 valence electrons. The topological polar surface area (TPSA) is 110 Å². The van der Waals surface area contributed by atoms with E-state index in [4.69, 9.17) is 4.74 Å². The highest BCUT2D eigenvalue weighted by molar-refractivity contribution is 7.94. The summed E-state index contributed by atoms with van der Waals surface area (Å²) in [4.78, 5) is 23.6. The van der Waals surface area contributed by atoms with Gasteiger partial charge in [0.1, 0.15) is 5.75 Å². The largest absolute Gasteiger partial charge is 0.493 e. The van der Waals surface area contributed by atoms with E-state index < -0.39 is 27.8 Å². The van der Waals surface area contributed by atoms with Crippen LogP contribution in [0.4, 0.5) is 0 Å². The third kappa shape index (κ3) is 4.39. The lowest BCUT2D eigenvalue weighted by Gasteiger charge is -2.25. The average molecular weight is 365 g/mol. The molecule has 1 amide bonds. The molecule has 1 heterocycles. The Morgan fingerprint density at radius 1 is 1.20 bits per heavy atom. The molecule has 1 aliphatic heterocycles. The van der Waals surface area contributed by atoms with Crippen molar-refractivity contribution in [3.63, 3.8) is 0 Å². The van der Waals surface area contributed by atoms with E-state index in [-0.39, 0.29) is 16.9 Å². The summed E-state index contributed by atoms with van der Waals surface area (Å²) in [5.74, 6) is -1.09. The lowest BCUT2D eigenvalue weighted by atomic mass is 9.86. The highest BCUT2D eigenvalue weighted by atomic mass is 32.2. The van der Waals surface area contributed by atoms with Gasteiger partial charge in [-0.05, 0) is 43.0 Å². The van der Waals surface area contributed by atoms with Crippen LogP contribution in [0.25, 0.3) is 0 Å². The Morgan fingerprint density at radius 2 is 1.92 bits per heavy atom. The van der Waals surface area contributed by atoms with Gasteiger partial charge in [0, 0.05) is 11.0 Å². The molecule has 1 aliphatic carbocycles. The average Bonchev–Trinajstić information content (AvgIpc) is 2.84. The van der Waals surface area contributed by atoms with Crippen molar-refractivity contribution in [2.75, 3.05) is 12.4 Å². The molecule has 25 heavy (non-hydrogen) atoms. The zero-order valence-electron chi connectivity index (χ0n) is 13.5. The first-order valence-corrected chi connectivity index (χ1v) is 9.77. The van der Waals surface area contributed by atoms with E-state index in [0.717, 1.165) is 18.2 Å². The van der Waals surface area contributed by atoms with E-state index >= 15 is 0 Å². The maximum absolute atomic E-state index is 12.4. The standard InChI is InChI=1S/C17H19NO6S/c19-16(18-14-4-5-25(22,23)10-14)12-6-13(17(20)21)8-15(7-12)24-9-11-2-1-3-11/h4-8,11,14H,1-3,9-10H2,(H,18,19)(H,20,21). The van der Waals surface area contributed by atoms with Gasteiger partial charge in [-0.25, -0.2) is 13.2 Å². The molecule has 1 fully saturated rings. The van der Waals surface area contributed by atoms with E-state index in [1.165, 1.54) is 30.7 Å². The van der Waals surface area contributed by atoms with Crippen LogP contribution in [0.3, 0.4) is 0 Å². The normalized spacial score (nSPS) is 21.5. The first kappa shape index (κ1) is 17.5. The summed E-state index contributed by atoms with van der Waals surface area (Å²) >= 11 is 0. The van der Waals surface area contributed by atoms with Gasteiger partial charge in [0.15, 0.2) is 9.84 Å². The number of aromatic carboxylic acids is 1. The molecule has 0 spiro atoms. The van der Waals surface area contributed by atoms with Crippen LogP contribution in [0.5, 0.6) is 5.75 Å². The first-order valence-electron chi connectivity index (χ1n) is 8.05. The van der Waals surface area contributed by atoms with Gasteiger partial charge in [0.2, 0.25) is 0 Å². The third-order valence-electron chi connectivity index (χ3n) is 4.37. The molecule has 1 saturated carbocycles. The Bertz CT molecular complexity index is 826. The highest BCUT2D eigenvalue weighted by Gasteiger charge is 2.24. The fraction of sp³-hybridized carbons (Fsp3) is 0.412. The number of ether oxygens (including phenoxy) is 1. The minimum absolute atomic E-state index is 0.0501. The predicted octanol–water partition coefficient (Wildman–Crippen LogP) is 1.60. The number of carbonyl (C=O) groups is 2. The fourth-order valence-corrected chi connectivity index (χ4v) is 3.96. The van der Waals surface area contributed by atoms with Crippen molar-refractivity contribution in [3.05, 3.63) is 40.8 Å². The number of carboxylic acid groups (broad SMARTS) is 1. The van der Waals surface area contributed by atoms with Crippen LogP contribution in [-0.2, 0) is 9.84 Å². The molecule has 0 radical (unpaired) electrons. The summed E-state index contributed by atoms with van der Waals surface area (Å²) in [6.45, 7) is 0.494. The summed E-state index contributed by atoms with van der Waals surface area (Å²) in [6, 6.07) is 3.50. The van der Waals surface area contributed by atoms with E-state index in [1.807, 2.05) is 0 Å². The minimum Gasteiger partial charge on any atom is -0.493 e. The molecule has 1 unspecified atom stereocenters. The van der Waals surface area contributed by atoms with Gasteiger partial charge in [0.25, 0.3) is 5.91 Å². The number of amides is 1. The fourth-order valence-electron chi connectivity index (χ4n) is 2.73. The predicted molar refractivity (Wildman–Crippen MR) is 90.4 cm³/mol. The summed E-state index contributed by atoms with van der Waals surface area (Å²) in [5.41, 5.74) is 0.0760. The van der Waals surface area contributed by atoms with Crippen LogP contribution in [0.1, 0.15) is 40.0 Å². The zero-order valence-corrected chi connectivity index (χ0v) is 14.3. The van der Waals surface area contributed by atoms with Gasteiger partial charge in [-0.2, -0.15) is 0 Å². The third-order valence-corrected chi connectivity index (χ3v) is 5.77. The minimum atomic E-state index is -3.28. The number of sulfone groups is 1. The van der Waals surface area contributed by atoms with Crippen molar-refractivity contribution in [1.82, 2.24) is 5.32 Å². The van der Waals surface area contributed by atoms with Crippen LogP contribution in [-0.4, -0.2) is 43.8 Å². The monoisotopic (exact) mass is 365 g/mol. The molecule has 2 N–H and O–H groups in total. The molecule has 3 rings (SSSR count). The Labute approximate surface area is 145 Å². The molecular weight excluding hydrogens is 346 g/mol. The van der Waals surface area contributed by atoms with Crippen molar-refractivity contribution in [2.45, 2.75) is 25.3 Å². The second-order valence-corrected chi connectivity index (χ2v) is 8.33. The number of hydrogen-bond donors (Lipinski definition) is 2. The van der Waals surface area contributed by atoms with Crippen LogP contribution in [0.2, 0.25) is 0 Å². The van der Waals surface area contributed by atoms with Gasteiger partial charge in [-0.3, -0.25) is 4.79 Å². The molecule has 7 nitrogen and oxygen atoms in total. The molecule has 2 aliphatic rings. The van der Waals surface area contributed by atoms with Gasteiger partial charge in [-0.15, -0.1) is 0 Å². The molecule has 0 aromatic heterocycles. The van der Waals surface area contributed by atoms with Crippen LogP contribution in [0.15, 0.2) is 29.7 Å². The number of carboxylic acids is 1. The number of rotatable bonds is 6. The van der Waals surface area contributed by atoms with Crippen molar-refractivity contribution in [3.8, 4) is 5.75 Å². The smallest absolute Gasteiger partial charge is 0.335 e. The van der Waals surface area contributed by atoms with Crippen LogP contribution >= 0.6 is 0 Å². The quantitative estimate of drug-likeness (QED) is 0.792. The van der Waals surface area contributed by atoms with Crippen molar-refractivity contribution >= 4 is 21.7 Å². The van der Waals surface area contributed by atoms with E-state index in [2.05, 4.69) is 5.32 Å². The van der Waals surface area contributed by atoms with Crippen molar-refractivity contribution in [2.24, 2.45) is 5.92 Å². The van der Waals surface area contributed by atoms with Gasteiger partial charge in [0.05, 0.1) is 24.0 Å². The second-order valence-electron chi connectivity index (χ2n) is 6.40. The van der Waals surface area contributed by atoms with Gasteiger partial charge in [-0.1, -0.05) is 6.42 Å². The molecule has 1 atom stereocenters. The first-order chi connectivity index (χ1) is 11.8. The maximum atomic E-state index is 12.4. The number of nitrogens with one attached hydrogen (secondary N) is 1. The van der Waals surface area contributed by atoms with Gasteiger partial charge < -0.3 is 15.2 Å². The molecule has 0 saturated heterocycles. The van der Waals surface area contributed by atoms with Crippen molar-refractivity contribution < 1.29 is 27.9 Å². The SMILES string of the molecule is O=C(O)c1cc(OCC2CCC2)cc(C(=O)NC2C=CS(=O)(=O)C2)c1. The number of hydrogen-bond acceptors (Lipinski definition) is 5. The van der Waals surface area contributed by atoms with Gasteiger partial charge >= 0.3 is 5.97 Å². The summed E-state index contributed by atoms with van der Waals surface area (Å²) in [7, 11) is -3.28. The maximum Gasteiger partial charge on any atom is 0.335 e. The molecule has 0 bridgehead atoms. The van der Waals surface area contributed by atoms with E-state index in [1.54, 1.807) is 0 Å². The Kier molecular flexibility index (Phi) is 4.80. The lowest BCUT2D eigenvalue weighted by molar-refractivity contribution is 0.0696. The van der Waals surface area contributed by atoms with Crippen molar-refractivity contribution in [1.29, 1.82) is 0 Å². The number of benzene rings is 1. The van der Waals surface area contributed by atoms with E-state index in [0.29, 0.717) is 18.3 Å². The highest BCUT2D eigenvalue weighted by Crippen LogP contribution is 2.27. The van der Waals surface area contributed by atoms with Crippen LogP contribution in [0, 0.1) is 5.92 Å². The Hall–Kier alpha value is -2.35. The van der Waals surface area contributed by atoms with Crippen LogP contribution < -0.4 is 10.1 Å². The number of carbonyl (C=O) groups excluding carboxylic acids is 1. The molecular formula is C17H19NO6S. The second kappa shape index (κ2) is 6.87. The summed E-state index contributed by atoms with van der Waals surface area (Å²) in [6.07, 6.45) is 4.76. The Morgan fingerprint density at radius 3 is 2.48 bits per heavy atom. The van der Waals surface area contributed by atoms with E-state index in [9.17, 15) is 23.1 Å². The lowest BCUT2D eigenvalue weighted by Crippen LogP contribution is -2.35. The Balaban J connectivity index is 1.74. The summed E-state index contributed by atoms with van der Waals surface area (Å²) in [5, 5.41) is 12.9. The molecule has 8 heteroatoms. The molecule has 1 aromatic carbocycles. The summed E-state index contributed by atoms with van der Waals surface area (Å²) < 4.78 is 28.4.